The van der Waals surface area contributed by atoms with E-state index in [1.54, 1.807) is 0 Å². The van der Waals surface area contributed by atoms with Crippen LogP contribution >= 0.6 is 0 Å². The van der Waals surface area contributed by atoms with Crippen LogP contribution in [0.3, 0.4) is 0 Å². The van der Waals surface area contributed by atoms with Crippen LogP contribution in [0.5, 0.6) is 0 Å². The molecule has 26 heavy (non-hydrogen) atoms. The first kappa shape index (κ1) is 17.6. The standard InChI is InChI=1S/C24H31NO/c1-5-18-12-13-19-22(16-9-7-6-8-10-16)25-21-14-11-17(24(2,3)4)15-20(21)23(19)26-18/h6-11,14-15,18-19,22-23,25H,5,12-13H2,1-4H3. The third kappa shape index (κ3) is 3.16. The summed E-state index contributed by atoms with van der Waals surface area (Å²) < 4.78 is 6.65. The number of hydrogen-bond acceptors (Lipinski definition) is 2. The van der Waals surface area contributed by atoms with Crippen LogP contribution < -0.4 is 5.32 Å². The Morgan fingerprint density at radius 2 is 1.81 bits per heavy atom. The van der Waals surface area contributed by atoms with Crippen LogP contribution in [-0.2, 0) is 10.2 Å². The van der Waals surface area contributed by atoms with E-state index in [9.17, 15) is 0 Å². The Morgan fingerprint density at radius 3 is 2.50 bits per heavy atom. The Morgan fingerprint density at radius 1 is 1.04 bits per heavy atom. The van der Waals surface area contributed by atoms with Gasteiger partial charge < -0.3 is 10.1 Å². The number of benzene rings is 2. The summed E-state index contributed by atoms with van der Waals surface area (Å²) in [5.41, 5.74) is 5.50. The molecule has 2 heterocycles. The van der Waals surface area contributed by atoms with Crippen LogP contribution in [0.15, 0.2) is 48.5 Å². The average molecular weight is 350 g/mol. The molecule has 0 aromatic heterocycles. The number of rotatable bonds is 2. The number of ether oxygens (including phenoxy) is 1. The highest BCUT2D eigenvalue weighted by Gasteiger charge is 2.42. The summed E-state index contributed by atoms with van der Waals surface area (Å²) >= 11 is 0. The Kier molecular flexibility index (Phi) is 4.56. The van der Waals surface area contributed by atoms with Crippen molar-refractivity contribution in [1.82, 2.24) is 0 Å². The lowest BCUT2D eigenvalue weighted by Crippen LogP contribution is -2.39. The Labute approximate surface area is 158 Å². The molecule has 1 saturated heterocycles. The molecule has 2 aliphatic rings. The minimum Gasteiger partial charge on any atom is -0.378 e. The number of nitrogens with one attached hydrogen (secondary N) is 1. The molecule has 4 unspecified atom stereocenters. The predicted octanol–water partition coefficient (Wildman–Crippen LogP) is 6.40. The minimum absolute atomic E-state index is 0.152. The SMILES string of the molecule is CCC1CCC2C(c3ccccc3)Nc3ccc(C(C)(C)C)cc3C2O1. The maximum atomic E-state index is 6.65. The number of fused-ring (bicyclic) bond motifs is 3. The molecule has 0 bridgehead atoms. The fourth-order valence-corrected chi connectivity index (χ4v) is 4.51. The second-order valence-corrected chi connectivity index (χ2v) is 8.91. The predicted molar refractivity (Wildman–Crippen MR) is 109 cm³/mol. The maximum Gasteiger partial charge on any atom is 0.0899 e. The summed E-state index contributed by atoms with van der Waals surface area (Å²) in [5, 5.41) is 3.84. The van der Waals surface area contributed by atoms with Gasteiger partial charge in [0.25, 0.3) is 0 Å². The first-order valence-corrected chi connectivity index (χ1v) is 10.1. The zero-order valence-electron chi connectivity index (χ0n) is 16.5. The third-order valence-electron chi connectivity index (χ3n) is 6.13. The zero-order chi connectivity index (χ0) is 18.3. The van der Waals surface area contributed by atoms with Gasteiger partial charge in [-0.25, -0.2) is 0 Å². The molecule has 2 aromatic carbocycles. The Balaban J connectivity index is 1.77. The van der Waals surface area contributed by atoms with Gasteiger partial charge in [0.05, 0.1) is 18.2 Å². The molecule has 138 valence electrons. The normalized spacial score (nSPS) is 28.0. The van der Waals surface area contributed by atoms with Gasteiger partial charge in [-0.1, -0.05) is 70.2 Å². The maximum absolute atomic E-state index is 6.65. The van der Waals surface area contributed by atoms with Crippen molar-refractivity contribution in [1.29, 1.82) is 0 Å². The van der Waals surface area contributed by atoms with Gasteiger partial charge in [0.2, 0.25) is 0 Å². The highest BCUT2D eigenvalue weighted by Crippen LogP contribution is 2.51. The molecule has 2 nitrogen and oxygen atoms in total. The van der Waals surface area contributed by atoms with Crippen LogP contribution in [0, 0.1) is 5.92 Å². The Hall–Kier alpha value is -1.80. The fourth-order valence-electron chi connectivity index (χ4n) is 4.51. The molecule has 0 aliphatic carbocycles. The van der Waals surface area contributed by atoms with E-state index in [2.05, 4.69) is 81.5 Å². The molecule has 4 rings (SSSR count). The van der Waals surface area contributed by atoms with Crippen molar-refractivity contribution in [2.45, 2.75) is 70.6 Å². The molecule has 4 atom stereocenters. The molecule has 0 saturated carbocycles. The first-order valence-electron chi connectivity index (χ1n) is 10.1. The van der Waals surface area contributed by atoms with Crippen molar-refractivity contribution in [3.05, 3.63) is 65.2 Å². The fraction of sp³-hybridized carbons (Fsp3) is 0.500. The molecule has 0 radical (unpaired) electrons. The summed E-state index contributed by atoms with van der Waals surface area (Å²) in [6.07, 6.45) is 4.06. The van der Waals surface area contributed by atoms with Crippen LogP contribution in [0.2, 0.25) is 0 Å². The summed E-state index contributed by atoms with van der Waals surface area (Å²) in [6, 6.07) is 18.1. The molecule has 1 fully saturated rings. The van der Waals surface area contributed by atoms with Gasteiger partial charge in [0, 0.05) is 17.2 Å². The molecular formula is C24H31NO. The van der Waals surface area contributed by atoms with E-state index >= 15 is 0 Å². The summed E-state index contributed by atoms with van der Waals surface area (Å²) in [4.78, 5) is 0. The summed E-state index contributed by atoms with van der Waals surface area (Å²) in [6.45, 7) is 9.09. The van der Waals surface area contributed by atoms with Gasteiger partial charge >= 0.3 is 0 Å². The van der Waals surface area contributed by atoms with Crippen molar-refractivity contribution >= 4 is 5.69 Å². The monoisotopic (exact) mass is 349 g/mol. The van der Waals surface area contributed by atoms with Crippen molar-refractivity contribution in [3.63, 3.8) is 0 Å². The first-order chi connectivity index (χ1) is 12.5. The van der Waals surface area contributed by atoms with Crippen molar-refractivity contribution in [2.24, 2.45) is 5.92 Å². The molecule has 2 heteroatoms. The van der Waals surface area contributed by atoms with E-state index in [1.807, 2.05) is 0 Å². The van der Waals surface area contributed by atoms with Gasteiger partial charge in [-0.2, -0.15) is 0 Å². The number of anilines is 1. The van der Waals surface area contributed by atoms with E-state index in [-0.39, 0.29) is 11.5 Å². The van der Waals surface area contributed by atoms with Gasteiger partial charge in [-0.3, -0.25) is 0 Å². The largest absolute Gasteiger partial charge is 0.378 e. The van der Waals surface area contributed by atoms with Gasteiger partial charge in [0.15, 0.2) is 0 Å². The third-order valence-corrected chi connectivity index (χ3v) is 6.13. The highest BCUT2D eigenvalue weighted by molar-refractivity contribution is 5.59. The summed E-state index contributed by atoms with van der Waals surface area (Å²) in [7, 11) is 0. The van der Waals surface area contributed by atoms with Gasteiger partial charge in [-0.15, -0.1) is 0 Å². The highest BCUT2D eigenvalue weighted by atomic mass is 16.5. The van der Waals surface area contributed by atoms with Gasteiger partial charge in [0.1, 0.15) is 0 Å². The minimum atomic E-state index is 0.152. The van der Waals surface area contributed by atoms with E-state index in [0.29, 0.717) is 18.1 Å². The van der Waals surface area contributed by atoms with Crippen LogP contribution in [-0.4, -0.2) is 6.10 Å². The molecule has 0 spiro atoms. The molecule has 1 N–H and O–H groups in total. The summed E-state index contributed by atoms with van der Waals surface area (Å²) in [5.74, 6) is 0.489. The van der Waals surface area contributed by atoms with E-state index in [4.69, 9.17) is 4.74 Å². The lowest BCUT2D eigenvalue weighted by Gasteiger charge is -2.46. The van der Waals surface area contributed by atoms with E-state index in [0.717, 1.165) is 12.8 Å². The lowest BCUT2D eigenvalue weighted by molar-refractivity contribution is -0.0940. The second kappa shape index (κ2) is 6.74. The Bertz CT molecular complexity index is 762. The molecule has 0 amide bonds. The molecule has 2 aromatic rings. The van der Waals surface area contributed by atoms with E-state index in [1.165, 1.54) is 28.8 Å². The second-order valence-electron chi connectivity index (χ2n) is 8.91. The topological polar surface area (TPSA) is 21.3 Å². The quantitative estimate of drug-likeness (QED) is 0.677. The molecular weight excluding hydrogens is 318 g/mol. The lowest BCUT2D eigenvalue weighted by atomic mass is 9.75. The molecule has 2 aliphatic heterocycles. The zero-order valence-corrected chi connectivity index (χ0v) is 16.5. The van der Waals surface area contributed by atoms with E-state index < -0.39 is 0 Å². The van der Waals surface area contributed by atoms with Crippen molar-refractivity contribution < 1.29 is 4.74 Å². The average Bonchev–Trinajstić information content (AvgIpc) is 2.66. The van der Waals surface area contributed by atoms with Crippen LogP contribution in [0.25, 0.3) is 0 Å². The number of hydrogen-bond donors (Lipinski definition) is 1. The van der Waals surface area contributed by atoms with Crippen LogP contribution in [0.4, 0.5) is 5.69 Å². The van der Waals surface area contributed by atoms with Gasteiger partial charge in [-0.05, 0) is 41.9 Å². The van der Waals surface area contributed by atoms with Crippen LogP contribution in [0.1, 0.15) is 75.8 Å². The van der Waals surface area contributed by atoms with Crippen molar-refractivity contribution in [3.8, 4) is 0 Å². The van der Waals surface area contributed by atoms with Crippen molar-refractivity contribution in [2.75, 3.05) is 5.32 Å². The smallest absolute Gasteiger partial charge is 0.0899 e.